The average molecular weight is 268 g/mol. The molecule has 0 fully saturated rings. The van der Waals surface area contributed by atoms with Gasteiger partial charge in [0.15, 0.2) is 0 Å². The van der Waals surface area contributed by atoms with E-state index in [9.17, 15) is 19.3 Å². The quantitative estimate of drug-likeness (QED) is 0.636. The van der Waals surface area contributed by atoms with Crippen molar-refractivity contribution in [1.82, 2.24) is 5.32 Å². The molecule has 6 heteroatoms. The van der Waals surface area contributed by atoms with Crippen molar-refractivity contribution in [2.75, 3.05) is 0 Å². The Morgan fingerprint density at radius 2 is 2.21 bits per heavy atom. The van der Waals surface area contributed by atoms with E-state index in [2.05, 4.69) is 5.32 Å². The highest BCUT2D eigenvalue weighted by Gasteiger charge is 2.21. The highest BCUT2D eigenvalue weighted by atomic mass is 19.1. The normalized spacial score (nSPS) is 11.9. The Kier molecular flexibility index (Phi) is 5.41. The van der Waals surface area contributed by atoms with Crippen LogP contribution in [-0.2, 0) is 0 Å². The van der Waals surface area contributed by atoms with Crippen LogP contribution in [0.2, 0.25) is 0 Å². The van der Waals surface area contributed by atoms with E-state index in [0.717, 1.165) is 37.5 Å². The molecule has 19 heavy (non-hydrogen) atoms. The summed E-state index contributed by atoms with van der Waals surface area (Å²) in [7, 11) is 0. The van der Waals surface area contributed by atoms with Crippen molar-refractivity contribution in [3.8, 4) is 0 Å². The van der Waals surface area contributed by atoms with Crippen LogP contribution in [0.4, 0.5) is 10.1 Å². The van der Waals surface area contributed by atoms with Crippen LogP contribution in [-0.4, -0.2) is 16.9 Å². The summed E-state index contributed by atoms with van der Waals surface area (Å²) in [5.41, 5.74) is -0.630. The minimum absolute atomic E-state index is 0.102. The molecule has 0 aliphatic rings. The summed E-state index contributed by atoms with van der Waals surface area (Å²) in [6, 6.07) is 2.76. The Labute approximate surface area is 111 Å². The first-order valence-corrected chi connectivity index (χ1v) is 6.20. The van der Waals surface area contributed by atoms with Crippen molar-refractivity contribution < 1.29 is 14.1 Å². The predicted molar refractivity (Wildman–Crippen MR) is 69.5 cm³/mol. The maximum Gasteiger partial charge on any atom is 0.282 e. The van der Waals surface area contributed by atoms with Gasteiger partial charge in [0.2, 0.25) is 0 Å². The number of halogens is 1. The SMILES string of the molecule is CCCCC(C)NC(=O)c1cc(F)ccc1[N+](=O)[O-]. The number of nitrogens with one attached hydrogen (secondary N) is 1. The number of nitro benzene ring substituents is 1. The molecule has 1 aromatic carbocycles. The number of carbonyl (C=O) groups excluding carboxylic acids is 1. The Balaban J connectivity index is 2.86. The van der Waals surface area contributed by atoms with Gasteiger partial charge in [-0.2, -0.15) is 0 Å². The summed E-state index contributed by atoms with van der Waals surface area (Å²) in [6.07, 6.45) is 2.73. The summed E-state index contributed by atoms with van der Waals surface area (Å²) in [4.78, 5) is 22.0. The number of unbranched alkanes of at least 4 members (excludes halogenated alkanes) is 1. The van der Waals surface area contributed by atoms with Crippen LogP contribution in [0.1, 0.15) is 43.5 Å². The lowest BCUT2D eigenvalue weighted by Crippen LogP contribution is -2.32. The second kappa shape index (κ2) is 6.82. The molecule has 1 rings (SSSR count). The molecule has 0 saturated carbocycles. The van der Waals surface area contributed by atoms with Gasteiger partial charge in [-0.25, -0.2) is 4.39 Å². The van der Waals surface area contributed by atoms with E-state index in [1.54, 1.807) is 0 Å². The lowest BCUT2D eigenvalue weighted by atomic mass is 10.1. The Hall–Kier alpha value is -1.98. The lowest BCUT2D eigenvalue weighted by Gasteiger charge is -2.13. The van der Waals surface area contributed by atoms with E-state index in [-0.39, 0.29) is 17.3 Å². The molecular formula is C13H17FN2O3. The third kappa shape index (κ3) is 4.31. The van der Waals surface area contributed by atoms with Crippen LogP contribution in [0.25, 0.3) is 0 Å². The third-order valence-electron chi connectivity index (χ3n) is 2.77. The van der Waals surface area contributed by atoms with Gasteiger partial charge in [-0.3, -0.25) is 14.9 Å². The molecule has 0 radical (unpaired) electrons. The molecule has 1 N–H and O–H groups in total. The zero-order valence-corrected chi connectivity index (χ0v) is 11.0. The summed E-state index contributed by atoms with van der Waals surface area (Å²) < 4.78 is 13.1. The fourth-order valence-electron chi connectivity index (χ4n) is 1.73. The fourth-order valence-corrected chi connectivity index (χ4v) is 1.73. The molecule has 1 unspecified atom stereocenters. The van der Waals surface area contributed by atoms with E-state index < -0.39 is 16.6 Å². The number of benzene rings is 1. The van der Waals surface area contributed by atoms with Gasteiger partial charge >= 0.3 is 0 Å². The van der Waals surface area contributed by atoms with E-state index in [1.165, 1.54) is 0 Å². The van der Waals surface area contributed by atoms with Gasteiger partial charge in [0.25, 0.3) is 11.6 Å². The first kappa shape index (κ1) is 15.1. The number of rotatable bonds is 6. The van der Waals surface area contributed by atoms with Crippen LogP contribution in [0, 0.1) is 15.9 Å². The van der Waals surface area contributed by atoms with Crippen LogP contribution in [0.5, 0.6) is 0 Å². The van der Waals surface area contributed by atoms with E-state index in [1.807, 2.05) is 13.8 Å². The minimum atomic E-state index is -0.689. The molecule has 104 valence electrons. The first-order chi connectivity index (χ1) is 8.95. The summed E-state index contributed by atoms with van der Waals surface area (Å²) in [5.74, 6) is -1.29. The summed E-state index contributed by atoms with van der Waals surface area (Å²) in [5, 5.41) is 13.4. The van der Waals surface area contributed by atoms with Gasteiger partial charge in [-0.1, -0.05) is 19.8 Å². The molecular weight excluding hydrogens is 251 g/mol. The smallest absolute Gasteiger partial charge is 0.282 e. The highest BCUT2D eigenvalue weighted by molar-refractivity contribution is 5.98. The minimum Gasteiger partial charge on any atom is -0.349 e. The molecule has 5 nitrogen and oxygen atoms in total. The topological polar surface area (TPSA) is 72.2 Å². The molecule has 1 amide bonds. The number of carbonyl (C=O) groups is 1. The van der Waals surface area contributed by atoms with Crippen LogP contribution in [0.15, 0.2) is 18.2 Å². The molecule has 1 atom stereocenters. The zero-order chi connectivity index (χ0) is 14.4. The molecule has 0 heterocycles. The van der Waals surface area contributed by atoms with Gasteiger partial charge in [-0.15, -0.1) is 0 Å². The Morgan fingerprint density at radius 1 is 1.53 bits per heavy atom. The van der Waals surface area contributed by atoms with Crippen molar-refractivity contribution >= 4 is 11.6 Å². The van der Waals surface area contributed by atoms with Crippen molar-refractivity contribution in [3.05, 3.63) is 39.7 Å². The van der Waals surface area contributed by atoms with Crippen molar-refractivity contribution in [1.29, 1.82) is 0 Å². The second-order valence-electron chi connectivity index (χ2n) is 4.44. The van der Waals surface area contributed by atoms with Crippen molar-refractivity contribution in [2.45, 2.75) is 39.2 Å². The van der Waals surface area contributed by atoms with Crippen LogP contribution < -0.4 is 5.32 Å². The first-order valence-electron chi connectivity index (χ1n) is 6.20. The summed E-state index contributed by atoms with van der Waals surface area (Å²) in [6.45, 7) is 3.85. The average Bonchev–Trinajstić information content (AvgIpc) is 2.35. The standard InChI is InChI=1S/C13H17FN2O3/c1-3-4-5-9(2)15-13(17)11-8-10(14)6-7-12(11)16(18)19/h6-9H,3-5H2,1-2H3,(H,15,17). The van der Waals surface area contributed by atoms with E-state index >= 15 is 0 Å². The highest BCUT2D eigenvalue weighted by Crippen LogP contribution is 2.19. The molecule has 0 aliphatic heterocycles. The number of hydrogen-bond donors (Lipinski definition) is 1. The van der Waals surface area contributed by atoms with E-state index in [4.69, 9.17) is 0 Å². The van der Waals surface area contributed by atoms with Crippen molar-refractivity contribution in [3.63, 3.8) is 0 Å². The molecule has 0 aromatic heterocycles. The number of amides is 1. The number of hydrogen-bond acceptors (Lipinski definition) is 3. The maximum atomic E-state index is 13.1. The summed E-state index contributed by atoms with van der Waals surface area (Å²) >= 11 is 0. The Bertz CT molecular complexity index is 477. The largest absolute Gasteiger partial charge is 0.349 e. The van der Waals surface area contributed by atoms with E-state index in [0.29, 0.717) is 0 Å². The van der Waals surface area contributed by atoms with Crippen molar-refractivity contribution in [2.24, 2.45) is 0 Å². The molecule has 0 bridgehead atoms. The number of nitrogens with zero attached hydrogens (tertiary/aromatic N) is 1. The molecule has 1 aromatic rings. The lowest BCUT2D eigenvalue weighted by molar-refractivity contribution is -0.385. The molecule has 0 saturated heterocycles. The third-order valence-corrected chi connectivity index (χ3v) is 2.77. The number of nitro groups is 1. The Morgan fingerprint density at radius 3 is 2.79 bits per heavy atom. The van der Waals surface area contributed by atoms with Gasteiger partial charge in [0.1, 0.15) is 11.4 Å². The maximum absolute atomic E-state index is 13.1. The van der Waals surface area contributed by atoms with Gasteiger partial charge < -0.3 is 5.32 Å². The fraction of sp³-hybridized carbons (Fsp3) is 0.462. The van der Waals surface area contributed by atoms with Gasteiger partial charge in [-0.05, 0) is 25.5 Å². The van der Waals surface area contributed by atoms with Gasteiger partial charge in [0.05, 0.1) is 4.92 Å². The monoisotopic (exact) mass is 268 g/mol. The zero-order valence-electron chi connectivity index (χ0n) is 11.0. The van der Waals surface area contributed by atoms with Crippen LogP contribution >= 0.6 is 0 Å². The molecule has 0 spiro atoms. The van der Waals surface area contributed by atoms with Gasteiger partial charge in [0, 0.05) is 12.1 Å². The molecule has 0 aliphatic carbocycles. The second-order valence-corrected chi connectivity index (χ2v) is 4.44. The predicted octanol–water partition coefficient (Wildman–Crippen LogP) is 3.04. The van der Waals surface area contributed by atoms with Crippen LogP contribution in [0.3, 0.4) is 0 Å².